The SMILES string of the molecule is C[C@H](CCc1ccccc1)NC(=O)CS[C@H](C)c1nc2ccccc2[nH]1. The Morgan fingerprint density at radius 2 is 1.85 bits per heavy atom. The number of aromatic amines is 1. The molecule has 0 spiro atoms. The Balaban J connectivity index is 1.42. The molecule has 3 aromatic rings. The van der Waals surface area contributed by atoms with Crippen molar-refractivity contribution in [2.75, 3.05) is 5.75 Å². The summed E-state index contributed by atoms with van der Waals surface area (Å²) in [6.07, 6.45) is 1.92. The van der Waals surface area contributed by atoms with E-state index in [0.717, 1.165) is 29.7 Å². The fourth-order valence-corrected chi connectivity index (χ4v) is 3.62. The molecule has 0 unspecified atom stereocenters. The number of thioether (sulfide) groups is 1. The van der Waals surface area contributed by atoms with E-state index in [4.69, 9.17) is 0 Å². The number of carbonyl (C=O) groups excluding carboxylic acids is 1. The first-order valence-electron chi connectivity index (χ1n) is 9.01. The van der Waals surface area contributed by atoms with Crippen molar-refractivity contribution in [1.82, 2.24) is 15.3 Å². The van der Waals surface area contributed by atoms with Gasteiger partial charge in [-0.25, -0.2) is 4.98 Å². The molecule has 0 saturated carbocycles. The molecule has 136 valence electrons. The fourth-order valence-electron chi connectivity index (χ4n) is 2.86. The smallest absolute Gasteiger partial charge is 0.230 e. The third-order valence-corrected chi connectivity index (χ3v) is 5.53. The highest BCUT2D eigenvalue weighted by Crippen LogP contribution is 2.27. The molecule has 1 aromatic heterocycles. The van der Waals surface area contributed by atoms with Crippen molar-refractivity contribution in [2.24, 2.45) is 0 Å². The fraction of sp³-hybridized carbons (Fsp3) is 0.333. The summed E-state index contributed by atoms with van der Waals surface area (Å²) < 4.78 is 0. The van der Waals surface area contributed by atoms with E-state index in [1.165, 1.54) is 5.56 Å². The van der Waals surface area contributed by atoms with Crippen LogP contribution in [0, 0.1) is 0 Å². The van der Waals surface area contributed by atoms with Crippen LogP contribution >= 0.6 is 11.8 Å². The molecular weight excluding hydrogens is 342 g/mol. The van der Waals surface area contributed by atoms with Gasteiger partial charge in [-0.2, -0.15) is 0 Å². The number of nitrogens with one attached hydrogen (secondary N) is 2. The van der Waals surface area contributed by atoms with Crippen LogP contribution < -0.4 is 5.32 Å². The zero-order chi connectivity index (χ0) is 18.4. The predicted octanol–water partition coefficient (Wildman–Crippen LogP) is 4.49. The van der Waals surface area contributed by atoms with Crippen molar-refractivity contribution in [3.63, 3.8) is 0 Å². The number of carbonyl (C=O) groups is 1. The Kier molecular flexibility index (Phi) is 6.34. The number of hydrogen-bond acceptors (Lipinski definition) is 3. The average molecular weight is 368 g/mol. The molecule has 3 rings (SSSR count). The van der Waals surface area contributed by atoms with E-state index in [1.807, 2.05) is 30.3 Å². The molecule has 0 bridgehead atoms. The van der Waals surface area contributed by atoms with Gasteiger partial charge in [0, 0.05) is 6.04 Å². The van der Waals surface area contributed by atoms with Crippen LogP contribution in [0.3, 0.4) is 0 Å². The van der Waals surface area contributed by atoms with Crippen molar-refractivity contribution >= 4 is 28.7 Å². The summed E-state index contributed by atoms with van der Waals surface area (Å²) in [5.41, 5.74) is 3.31. The van der Waals surface area contributed by atoms with Gasteiger partial charge in [-0.3, -0.25) is 4.79 Å². The van der Waals surface area contributed by atoms with E-state index >= 15 is 0 Å². The minimum atomic E-state index is 0.0820. The van der Waals surface area contributed by atoms with Gasteiger partial charge < -0.3 is 10.3 Å². The first kappa shape index (κ1) is 18.5. The summed E-state index contributed by atoms with van der Waals surface area (Å²) in [5, 5.41) is 3.24. The van der Waals surface area contributed by atoms with Gasteiger partial charge in [0.1, 0.15) is 5.82 Å². The van der Waals surface area contributed by atoms with E-state index in [0.29, 0.717) is 5.75 Å². The highest BCUT2D eigenvalue weighted by Gasteiger charge is 2.14. The van der Waals surface area contributed by atoms with E-state index in [1.54, 1.807) is 11.8 Å². The lowest BCUT2D eigenvalue weighted by Gasteiger charge is -2.15. The molecule has 0 aliphatic rings. The summed E-state index contributed by atoms with van der Waals surface area (Å²) in [6.45, 7) is 4.14. The number of H-pyrrole nitrogens is 1. The number of nitrogens with zero attached hydrogens (tertiary/aromatic N) is 1. The van der Waals surface area contributed by atoms with Crippen molar-refractivity contribution in [1.29, 1.82) is 0 Å². The molecule has 0 fully saturated rings. The molecule has 4 nitrogen and oxygen atoms in total. The van der Waals surface area contributed by atoms with Gasteiger partial charge in [0.2, 0.25) is 5.91 Å². The standard InChI is InChI=1S/C21H25N3OS/c1-15(12-13-17-8-4-3-5-9-17)22-20(25)14-26-16(2)21-23-18-10-6-7-11-19(18)24-21/h3-11,15-16H,12-14H2,1-2H3,(H,22,25)(H,23,24)/t15-,16-/m1/s1. The Morgan fingerprint density at radius 1 is 1.12 bits per heavy atom. The minimum absolute atomic E-state index is 0.0820. The number of rotatable bonds is 8. The predicted molar refractivity (Wildman–Crippen MR) is 109 cm³/mol. The van der Waals surface area contributed by atoms with Crippen molar-refractivity contribution in [2.45, 2.75) is 38.0 Å². The zero-order valence-corrected chi connectivity index (χ0v) is 16.1. The van der Waals surface area contributed by atoms with Crippen LogP contribution in [0.2, 0.25) is 0 Å². The molecule has 2 N–H and O–H groups in total. The number of imidazole rings is 1. The number of hydrogen-bond donors (Lipinski definition) is 2. The zero-order valence-electron chi connectivity index (χ0n) is 15.2. The van der Waals surface area contributed by atoms with Crippen molar-refractivity contribution in [3.05, 3.63) is 66.0 Å². The van der Waals surface area contributed by atoms with Crippen molar-refractivity contribution < 1.29 is 4.79 Å². The van der Waals surface area contributed by atoms with E-state index in [2.05, 4.69) is 53.4 Å². The minimum Gasteiger partial charge on any atom is -0.353 e. The number of aryl methyl sites for hydroxylation is 1. The van der Waals surface area contributed by atoms with Gasteiger partial charge >= 0.3 is 0 Å². The highest BCUT2D eigenvalue weighted by atomic mass is 32.2. The van der Waals surface area contributed by atoms with Gasteiger partial charge in [-0.1, -0.05) is 42.5 Å². The maximum Gasteiger partial charge on any atom is 0.230 e. The Bertz CT molecular complexity index is 814. The van der Waals surface area contributed by atoms with Gasteiger partial charge in [0.05, 0.1) is 22.0 Å². The summed E-state index contributed by atoms with van der Waals surface area (Å²) in [7, 11) is 0. The van der Waals surface area contributed by atoms with Crippen LogP contribution in [0.1, 0.15) is 36.9 Å². The quantitative estimate of drug-likeness (QED) is 0.616. The third-order valence-electron chi connectivity index (χ3n) is 4.37. The molecule has 2 aromatic carbocycles. The normalized spacial score (nSPS) is 13.5. The molecule has 1 heterocycles. The lowest BCUT2D eigenvalue weighted by molar-refractivity contribution is -0.119. The monoisotopic (exact) mass is 367 g/mol. The van der Waals surface area contributed by atoms with Crippen LogP contribution in [0.25, 0.3) is 11.0 Å². The van der Waals surface area contributed by atoms with Crippen molar-refractivity contribution in [3.8, 4) is 0 Å². The molecule has 5 heteroatoms. The van der Waals surface area contributed by atoms with Gasteiger partial charge in [0.15, 0.2) is 0 Å². The Labute approximate surface area is 158 Å². The number of aromatic nitrogens is 2. The first-order valence-corrected chi connectivity index (χ1v) is 10.1. The molecular formula is C21H25N3OS. The van der Waals surface area contributed by atoms with E-state index in [-0.39, 0.29) is 17.2 Å². The Hall–Kier alpha value is -2.27. The average Bonchev–Trinajstić information content (AvgIpc) is 3.09. The lowest BCUT2D eigenvalue weighted by atomic mass is 10.1. The summed E-state index contributed by atoms with van der Waals surface area (Å²) >= 11 is 1.60. The molecule has 1 amide bonds. The molecule has 0 aliphatic heterocycles. The molecule has 0 saturated heterocycles. The number of fused-ring (bicyclic) bond motifs is 1. The van der Waals surface area contributed by atoms with E-state index in [9.17, 15) is 4.79 Å². The maximum absolute atomic E-state index is 12.2. The first-order chi connectivity index (χ1) is 12.6. The van der Waals surface area contributed by atoms with Crippen LogP contribution in [-0.4, -0.2) is 27.7 Å². The molecule has 0 aliphatic carbocycles. The second-order valence-corrected chi connectivity index (χ2v) is 7.91. The second-order valence-electron chi connectivity index (χ2n) is 6.59. The summed E-state index contributed by atoms with van der Waals surface area (Å²) in [4.78, 5) is 20.2. The van der Waals surface area contributed by atoms with Crippen LogP contribution in [0.4, 0.5) is 0 Å². The Morgan fingerprint density at radius 3 is 2.62 bits per heavy atom. The second kappa shape index (κ2) is 8.90. The molecule has 26 heavy (non-hydrogen) atoms. The largest absolute Gasteiger partial charge is 0.353 e. The molecule has 0 radical (unpaired) electrons. The molecule has 2 atom stereocenters. The summed E-state index contributed by atoms with van der Waals surface area (Å²) in [6, 6.07) is 18.5. The van der Waals surface area contributed by atoms with Gasteiger partial charge in [-0.15, -0.1) is 11.8 Å². The number of benzene rings is 2. The van der Waals surface area contributed by atoms with Crippen LogP contribution in [0.15, 0.2) is 54.6 Å². The van der Waals surface area contributed by atoms with Gasteiger partial charge in [0.25, 0.3) is 0 Å². The third kappa shape index (κ3) is 5.11. The summed E-state index contributed by atoms with van der Waals surface area (Å²) in [5.74, 6) is 1.44. The lowest BCUT2D eigenvalue weighted by Crippen LogP contribution is -2.34. The van der Waals surface area contributed by atoms with Gasteiger partial charge in [-0.05, 0) is 44.4 Å². The van der Waals surface area contributed by atoms with E-state index < -0.39 is 0 Å². The van der Waals surface area contributed by atoms with Crippen LogP contribution in [-0.2, 0) is 11.2 Å². The number of amides is 1. The highest BCUT2D eigenvalue weighted by molar-refractivity contribution is 8.00. The van der Waals surface area contributed by atoms with Crippen LogP contribution in [0.5, 0.6) is 0 Å². The topological polar surface area (TPSA) is 57.8 Å². The maximum atomic E-state index is 12.2. The number of para-hydroxylation sites is 2.